The summed E-state index contributed by atoms with van der Waals surface area (Å²) in [6, 6.07) is 0. The molecule has 8 heteroatoms. The molecule has 0 amide bonds. The van der Waals surface area contributed by atoms with Crippen LogP contribution < -0.4 is 0 Å². The number of halogens is 1. The van der Waals surface area contributed by atoms with Gasteiger partial charge in [0.1, 0.15) is 0 Å². The molecular formula is C11H19BrN4O2S. The lowest BCUT2D eigenvalue weighted by molar-refractivity contribution is 0.305. The van der Waals surface area contributed by atoms with Crippen molar-refractivity contribution in [1.29, 1.82) is 0 Å². The van der Waals surface area contributed by atoms with Crippen LogP contribution in [0.25, 0.3) is 0 Å². The predicted octanol–water partition coefficient (Wildman–Crippen LogP) is 0.511. The molecule has 0 radical (unpaired) electrons. The molecule has 19 heavy (non-hydrogen) atoms. The molecule has 0 atom stereocenters. The van der Waals surface area contributed by atoms with Gasteiger partial charge in [-0.1, -0.05) is 15.9 Å². The Bertz CT molecular complexity index is 517. The maximum absolute atomic E-state index is 12.4. The lowest BCUT2D eigenvalue weighted by Gasteiger charge is -2.20. The lowest BCUT2D eigenvalue weighted by Crippen LogP contribution is -2.35. The summed E-state index contributed by atoms with van der Waals surface area (Å²) in [7, 11) is -1.67. The minimum Gasteiger partial charge on any atom is -0.339 e. The Morgan fingerprint density at radius 1 is 1.32 bits per heavy atom. The van der Waals surface area contributed by atoms with Crippen molar-refractivity contribution in [3.8, 4) is 0 Å². The monoisotopic (exact) mass is 350 g/mol. The maximum atomic E-state index is 12.4. The number of sulfonamides is 1. The second-order valence-electron chi connectivity index (χ2n) is 4.67. The van der Waals surface area contributed by atoms with E-state index in [0.29, 0.717) is 13.1 Å². The van der Waals surface area contributed by atoms with Crippen LogP contribution in [-0.4, -0.2) is 65.2 Å². The van der Waals surface area contributed by atoms with Crippen molar-refractivity contribution >= 4 is 26.0 Å². The van der Waals surface area contributed by atoms with E-state index in [1.54, 1.807) is 22.1 Å². The molecule has 0 saturated carbocycles. The van der Waals surface area contributed by atoms with Gasteiger partial charge in [-0.05, 0) is 13.0 Å². The molecule has 0 aromatic carbocycles. The summed E-state index contributed by atoms with van der Waals surface area (Å²) in [6.07, 6.45) is 3.93. The van der Waals surface area contributed by atoms with E-state index in [0.717, 1.165) is 31.4 Å². The van der Waals surface area contributed by atoms with Crippen LogP contribution in [0.2, 0.25) is 0 Å². The molecule has 1 saturated heterocycles. The maximum Gasteiger partial charge on any atom is 0.262 e. The highest BCUT2D eigenvalue weighted by atomic mass is 79.9. The van der Waals surface area contributed by atoms with Gasteiger partial charge in [0, 0.05) is 44.8 Å². The number of aromatic nitrogens is 2. The van der Waals surface area contributed by atoms with Crippen molar-refractivity contribution in [1.82, 2.24) is 18.8 Å². The van der Waals surface area contributed by atoms with Crippen LogP contribution in [0, 0.1) is 0 Å². The van der Waals surface area contributed by atoms with Crippen LogP contribution in [0.15, 0.2) is 17.6 Å². The molecular weight excluding hydrogens is 332 g/mol. The lowest BCUT2D eigenvalue weighted by atomic mass is 10.4. The average molecular weight is 351 g/mol. The molecule has 6 nitrogen and oxygen atoms in total. The van der Waals surface area contributed by atoms with Gasteiger partial charge in [-0.3, -0.25) is 0 Å². The second-order valence-corrected chi connectivity index (χ2v) is 7.34. The number of hydrogen-bond donors (Lipinski definition) is 0. The third-order valence-electron chi connectivity index (χ3n) is 3.23. The first-order valence-corrected chi connectivity index (χ1v) is 8.86. The van der Waals surface area contributed by atoms with Gasteiger partial charge in [-0.2, -0.15) is 4.31 Å². The number of hydrogen-bond acceptors (Lipinski definition) is 4. The molecule has 1 aliphatic rings. The molecule has 0 spiro atoms. The van der Waals surface area contributed by atoms with Crippen molar-refractivity contribution in [2.24, 2.45) is 7.05 Å². The summed E-state index contributed by atoms with van der Waals surface area (Å²) < 4.78 is 28.1. The zero-order valence-corrected chi connectivity index (χ0v) is 13.4. The summed E-state index contributed by atoms with van der Waals surface area (Å²) >= 11 is 3.42. The number of imidazole rings is 1. The van der Waals surface area contributed by atoms with Crippen LogP contribution in [-0.2, 0) is 17.1 Å². The highest BCUT2D eigenvalue weighted by molar-refractivity contribution is 9.09. The fraction of sp³-hybridized carbons (Fsp3) is 0.727. The Morgan fingerprint density at radius 3 is 2.74 bits per heavy atom. The molecule has 1 aromatic heterocycles. The smallest absolute Gasteiger partial charge is 0.262 e. The summed E-state index contributed by atoms with van der Waals surface area (Å²) in [4.78, 5) is 6.24. The molecule has 2 rings (SSSR count). The van der Waals surface area contributed by atoms with Crippen LogP contribution >= 0.6 is 15.9 Å². The zero-order valence-electron chi connectivity index (χ0n) is 11.0. The fourth-order valence-electron chi connectivity index (χ4n) is 2.19. The summed E-state index contributed by atoms with van der Waals surface area (Å²) in [5, 5.41) is 1.06. The van der Waals surface area contributed by atoms with Gasteiger partial charge in [0.25, 0.3) is 10.0 Å². The van der Waals surface area contributed by atoms with Gasteiger partial charge in [-0.15, -0.1) is 0 Å². The van der Waals surface area contributed by atoms with E-state index < -0.39 is 10.0 Å². The van der Waals surface area contributed by atoms with Crippen molar-refractivity contribution in [3.05, 3.63) is 12.5 Å². The van der Waals surface area contributed by atoms with Gasteiger partial charge in [0.15, 0.2) is 5.03 Å². The second kappa shape index (κ2) is 6.34. The largest absolute Gasteiger partial charge is 0.339 e. The van der Waals surface area contributed by atoms with Crippen molar-refractivity contribution in [3.63, 3.8) is 0 Å². The zero-order chi connectivity index (χ0) is 13.9. The van der Waals surface area contributed by atoms with E-state index in [2.05, 4.69) is 25.8 Å². The first-order valence-electron chi connectivity index (χ1n) is 6.30. The molecule has 0 unspecified atom stereocenters. The van der Waals surface area contributed by atoms with Gasteiger partial charge in [0.2, 0.25) is 0 Å². The molecule has 0 bridgehead atoms. The van der Waals surface area contributed by atoms with Crippen LogP contribution in [0.1, 0.15) is 6.42 Å². The minimum atomic E-state index is -3.44. The Balaban J connectivity index is 2.09. The number of alkyl halides is 1. The van der Waals surface area contributed by atoms with Crippen LogP contribution in [0.4, 0.5) is 0 Å². The normalized spacial score (nSPS) is 19.5. The fourth-order valence-corrected chi connectivity index (χ4v) is 4.12. The molecule has 1 aliphatic heterocycles. The SMILES string of the molecule is Cn1cnc(S(=O)(=O)N2CCCN(CCBr)CC2)c1. The number of aryl methyl sites for hydroxylation is 1. The van der Waals surface area contributed by atoms with Crippen LogP contribution in [0.5, 0.6) is 0 Å². The van der Waals surface area contributed by atoms with E-state index in [9.17, 15) is 8.42 Å². The number of nitrogens with zero attached hydrogens (tertiary/aromatic N) is 4. The van der Waals surface area contributed by atoms with E-state index in [1.165, 1.54) is 6.33 Å². The van der Waals surface area contributed by atoms with E-state index in [-0.39, 0.29) is 5.03 Å². The molecule has 1 aromatic rings. The highest BCUT2D eigenvalue weighted by Gasteiger charge is 2.28. The summed E-state index contributed by atoms with van der Waals surface area (Å²) in [5.41, 5.74) is 0. The van der Waals surface area contributed by atoms with E-state index in [1.807, 2.05) is 0 Å². The first-order chi connectivity index (χ1) is 9.04. The third kappa shape index (κ3) is 3.56. The molecule has 0 aliphatic carbocycles. The standard InChI is InChI=1S/C11H19BrN4O2S/c1-14-9-11(13-10-14)19(17,18)16-5-2-4-15(6-3-12)7-8-16/h9-10H,2-8H2,1H3. The Hall–Kier alpha value is -0.440. The topological polar surface area (TPSA) is 58.4 Å². The van der Waals surface area contributed by atoms with Gasteiger partial charge >= 0.3 is 0 Å². The van der Waals surface area contributed by atoms with Crippen molar-refractivity contribution in [2.45, 2.75) is 11.4 Å². The Labute approximate surface area is 122 Å². The van der Waals surface area contributed by atoms with Gasteiger partial charge in [-0.25, -0.2) is 13.4 Å². The van der Waals surface area contributed by atoms with Crippen molar-refractivity contribution in [2.75, 3.05) is 38.1 Å². The minimum absolute atomic E-state index is 0.143. The van der Waals surface area contributed by atoms with Gasteiger partial charge in [0.05, 0.1) is 6.33 Å². The molecule has 2 heterocycles. The van der Waals surface area contributed by atoms with E-state index >= 15 is 0 Å². The average Bonchev–Trinajstić information content (AvgIpc) is 2.66. The van der Waals surface area contributed by atoms with Gasteiger partial charge < -0.3 is 9.47 Å². The third-order valence-corrected chi connectivity index (χ3v) is 5.37. The highest BCUT2D eigenvalue weighted by Crippen LogP contribution is 2.15. The Kier molecular flexibility index (Phi) is 4.99. The van der Waals surface area contributed by atoms with E-state index in [4.69, 9.17) is 0 Å². The van der Waals surface area contributed by atoms with Crippen LogP contribution in [0.3, 0.4) is 0 Å². The quantitative estimate of drug-likeness (QED) is 0.742. The first kappa shape index (κ1) is 15.0. The van der Waals surface area contributed by atoms with Crippen molar-refractivity contribution < 1.29 is 8.42 Å². The molecule has 1 fully saturated rings. The number of rotatable bonds is 4. The summed E-state index contributed by atoms with van der Waals surface area (Å²) in [6.45, 7) is 3.78. The summed E-state index contributed by atoms with van der Waals surface area (Å²) in [5.74, 6) is 0. The molecule has 0 N–H and O–H groups in total. The molecule has 108 valence electrons. The predicted molar refractivity (Wildman–Crippen MR) is 76.8 cm³/mol. The Morgan fingerprint density at radius 2 is 2.11 bits per heavy atom.